The van der Waals surface area contributed by atoms with E-state index in [2.05, 4.69) is 10.4 Å². The van der Waals surface area contributed by atoms with Gasteiger partial charge in [-0.15, -0.1) is 0 Å². The van der Waals surface area contributed by atoms with Crippen molar-refractivity contribution < 1.29 is 9.13 Å². The van der Waals surface area contributed by atoms with Gasteiger partial charge < -0.3 is 10.2 Å². The molecule has 0 aromatic heterocycles. The van der Waals surface area contributed by atoms with Crippen LogP contribution in [-0.4, -0.2) is 20.0 Å². The monoisotopic (exact) mass is 197 g/mol. The highest BCUT2D eigenvalue weighted by Crippen LogP contribution is 2.18. The fraction of sp³-hybridized carbons (Fsp3) is 0.222. The summed E-state index contributed by atoms with van der Waals surface area (Å²) in [7, 11) is 2.99. The minimum Gasteiger partial charge on any atom is -0.494 e. The number of amidine groups is 1. The highest BCUT2D eigenvalue weighted by atomic mass is 19.1. The quantitative estimate of drug-likeness (QED) is 0.317. The third-order valence-electron chi connectivity index (χ3n) is 1.78. The normalized spacial score (nSPS) is 11.3. The van der Waals surface area contributed by atoms with Gasteiger partial charge in [0.05, 0.1) is 7.11 Å². The molecule has 0 aliphatic heterocycles. The predicted octanol–water partition coefficient (Wildman–Crippen LogP) is 0.674. The van der Waals surface area contributed by atoms with E-state index in [0.717, 1.165) is 0 Å². The second-order valence-electron chi connectivity index (χ2n) is 2.57. The molecule has 0 radical (unpaired) electrons. The van der Waals surface area contributed by atoms with Gasteiger partial charge in [0.1, 0.15) is 5.84 Å². The standard InChI is InChI=1S/C9H12FN3O/c1-12-9(13-11)6-3-4-7(10)8(5-6)14-2/h3-5H,11H2,1-2H3,(H,12,13). The number of hydrogen-bond donors (Lipinski definition) is 2. The van der Waals surface area contributed by atoms with Crippen LogP contribution in [-0.2, 0) is 0 Å². The molecule has 0 aliphatic carbocycles. The van der Waals surface area contributed by atoms with E-state index in [1.165, 1.54) is 19.2 Å². The number of methoxy groups -OCH3 is 1. The Morgan fingerprint density at radius 2 is 2.29 bits per heavy atom. The second kappa shape index (κ2) is 4.57. The third kappa shape index (κ3) is 2.00. The predicted molar refractivity (Wildman–Crippen MR) is 52.7 cm³/mol. The van der Waals surface area contributed by atoms with Crippen molar-refractivity contribution in [3.63, 3.8) is 0 Å². The van der Waals surface area contributed by atoms with Crippen LogP contribution in [0.5, 0.6) is 5.75 Å². The first-order valence-corrected chi connectivity index (χ1v) is 4.00. The fourth-order valence-corrected chi connectivity index (χ4v) is 1.08. The molecule has 1 aromatic rings. The maximum absolute atomic E-state index is 13.0. The maximum atomic E-state index is 13.0. The molecule has 0 aliphatic rings. The number of aliphatic imine (C=N–C) groups is 1. The average molecular weight is 197 g/mol. The molecule has 0 unspecified atom stereocenters. The van der Waals surface area contributed by atoms with Crippen LogP contribution in [0, 0.1) is 5.82 Å². The Bertz CT molecular complexity index is 352. The Morgan fingerprint density at radius 1 is 1.57 bits per heavy atom. The number of hydrazine groups is 1. The van der Waals surface area contributed by atoms with Crippen molar-refractivity contribution >= 4 is 5.84 Å². The molecular formula is C9H12FN3O. The average Bonchev–Trinajstić information content (AvgIpc) is 2.22. The molecule has 0 saturated carbocycles. The molecule has 0 heterocycles. The van der Waals surface area contributed by atoms with Crippen molar-refractivity contribution in [1.29, 1.82) is 0 Å². The highest BCUT2D eigenvalue weighted by molar-refractivity contribution is 5.98. The lowest BCUT2D eigenvalue weighted by molar-refractivity contribution is 0.386. The molecular weight excluding hydrogens is 185 g/mol. The number of hydrogen-bond acceptors (Lipinski definition) is 3. The Hall–Kier alpha value is -1.62. The summed E-state index contributed by atoms with van der Waals surface area (Å²) in [4.78, 5) is 3.88. The van der Waals surface area contributed by atoms with Crippen molar-refractivity contribution in [1.82, 2.24) is 5.43 Å². The zero-order valence-electron chi connectivity index (χ0n) is 8.04. The first-order chi connectivity index (χ1) is 6.72. The largest absolute Gasteiger partial charge is 0.494 e. The van der Waals surface area contributed by atoms with Gasteiger partial charge in [0.25, 0.3) is 0 Å². The highest BCUT2D eigenvalue weighted by Gasteiger charge is 2.06. The first kappa shape index (κ1) is 10.5. The Kier molecular flexibility index (Phi) is 3.41. The van der Waals surface area contributed by atoms with Crippen LogP contribution in [0.2, 0.25) is 0 Å². The summed E-state index contributed by atoms with van der Waals surface area (Å²) in [6.07, 6.45) is 0. The molecule has 0 atom stereocenters. The van der Waals surface area contributed by atoms with Gasteiger partial charge in [0.15, 0.2) is 11.6 Å². The molecule has 1 rings (SSSR count). The number of ether oxygens (including phenoxy) is 1. The number of nitrogens with two attached hydrogens (primary N) is 1. The SMILES string of the molecule is CN=C(NN)c1ccc(F)c(OC)c1. The van der Waals surface area contributed by atoms with Crippen molar-refractivity contribution in [2.75, 3.05) is 14.2 Å². The van der Waals surface area contributed by atoms with E-state index in [-0.39, 0.29) is 5.75 Å². The third-order valence-corrected chi connectivity index (χ3v) is 1.78. The zero-order chi connectivity index (χ0) is 10.6. The lowest BCUT2D eigenvalue weighted by atomic mass is 10.2. The molecule has 0 spiro atoms. The van der Waals surface area contributed by atoms with E-state index < -0.39 is 5.82 Å². The topological polar surface area (TPSA) is 59.6 Å². The lowest BCUT2D eigenvalue weighted by Gasteiger charge is -2.07. The smallest absolute Gasteiger partial charge is 0.165 e. The summed E-state index contributed by atoms with van der Waals surface area (Å²) < 4.78 is 17.9. The van der Waals surface area contributed by atoms with Crippen molar-refractivity contribution in [2.24, 2.45) is 10.8 Å². The number of halogens is 1. The van der Waals surface area contributed by atoms with Gasteiger partial charge in [0.2, 0.25) is 0 Å². The van der Waals surface area contributed by atoms with Crippen LogP contribution >= 0.6 is 0 Å². The summed E-state index contributed by atoms with van der Waals surface area (Å²) in [5, 5.41) is 0. The number of nitrogens with zero attached hydrogens (tertiary/aromatic N) is 1. The van der Waals surface area contributed by atoms with Gasteiger partial charge in [-0.2, -0.15) is 0 Å². The molecule has 0 saturated heterocycles. The summed E-state index contributed by atoms with van der Waals surface area (Å²) >= 11 is 0. The summed E-state index contributed by atoms with van der Waals surface area (Å²) in [5.74, 6) is 5.46. The number of nitrogens with one attached hydrogen (secondary N) is 1. The van der Waals surface area contributed by atoms with Gasteiger partial charge in [-0.1, -0.05) is 0 Å². The van der Waals surface area contributed by atoms with Crippen LogP contribution in [0.25, 0.3) is 0 Å². The van der Waals surface area contributed by atoms with Gasteiger partial charge in [-0.3, -0.25) is 4.99 Å². The van der Waals surface area contributed by atoms with E-state index in [1.54, 1.807) is 13.1 Å². The Balaban J connectivity index is 3.12. The molecule has 5 heteroatoms. The second-order valence-corrected chi connectivity index (χ2v) is 2.57. The van der Waals surface area contributed by atoms with E-state index in [4.69, 9.17) is 10.6 Å². The summed E-state index contributed by atoms with van der Waals surface area (Å²) in [5.41, 5.74) is 3.09. The summed E-state index contributed by atoms with van der Waals surface area (Å²) in [6.45, 7) is 0. The molecule has 0 fully saturated rings. The van der Waals surface area contributed by atoms with Crippen LogP contribution in [0.3, 0.4) is 0 Å². The van der Waals surface area contributed by atoms with Crippen molar-refractivity contribution in [3.05, 3.63) is 29.6 Å². The van der Waals surface area contributed by atoms with E-state index in [9.17, 15) is 4.39 Å². The summed E-state index contributed by atoms with van der Waals surface area (Å²) in [6, 6.07) is 4.40. The van der Waals surface area contributed by atoms with Gasteiger partial charge >= 0.3 is 0 Å². The van der Waals surface area contributed by atoms with E-state index >= 15 is 0 Å². The van der Waals surface area contributed by atoms with Crippen LogP contribution < -0.4 is 16.0 Å². The molecule has 4 nitrogen and oxygen atoms in total. The Labute approximate surface area is 81.6 Å². The van der Waals surface area contributed by atoms with Crippen LogP contribution in [0.4, 0.5) is 4.39 Å². The van der Waals surface area contributed by atoms with Gasteiger partial charge in [0, 0.05) is 12.6 Å². The molecule has 3 N–H and O–H groups in total. The molecule has 0 bridgehead atoms. The molecule has 76 valence electrons. The fourth-order valence-electron chi connectivity index (χ4n) is 1.08. The van der Waals surface area contributed by atoms with Crippen LogP contribution in [0.15, 0.2) is 23.2 Å². The Morgan fingerprint density at radius 3 is 2.79 bits per heavy atom. The minimum absolute atomic E-state index is 0.166. The van der Waals surface area contributed by atoms with Crippen molar-refractivity contribution in [2.45, 2.75) is 0 Å². The maximum Gasteiger partial charge on any atom is 0.165 e. The number of rotatable bonds is 2. The molecule has 14 heavy (non-hydrogen) atoms. The minimum atomic E-state index is -0.413. The van der Waals surface area contributed by atoms with Crippen molar-refractivity contribution in [3.8, 4) is 5.75 Å². The van der Waals surface area contributed by atoms with Gasteiger partial charge in [-0.25, -0.2) is 10.2 Å². The van der Waals surface area contributed by atoms with E-state index in [0.29, 0.717) is 11.4 Å². The van der Waals surface area contributed by atoms with Crippen LogP contribution in [0.1, 0.15) is 5.56 Å². The number of benzene rings is 1. The van der Waals surface area contributed by atoms with E-state index in [1.807, 2.05) is 0 Å². The first-order valence-electron chi connectivity index (χ1n) is 4.00. The molecule has 1 aromatic carbocycles. The van der Waals surface area contributed by atoms with Gasteiger partial charge in [-0.05, 0) is 18.2 Å². The molecule has 0 amide bonds. The zero-order valence-corrected chi connectivity index (χ0v) is 8.04. The lowest BCUT2D eigenvalue weighted by Crippen LogP contribution is -2.30.